The van der Waals surface area contributed by atoms with E-state index in [1.165, 1.54) is 0 Å². The first-order valence-electron chi connectivity index (χ1n) is 6.61. The normalized spacial score (nSPS) is 19.9. The fraction of sp³-hybridized carbons (Fsp3) is 0.600. The Labute approximate surface area is 121 Å². The van der Waals surface area contributed by atoms with Gasteiger partial charge in [0, 0.05) is 24.8 Å². The Bertz CT molecular complexity index is 386. The van der Waals surface area contributed by atoms with Gasteiger partial charge in [-0.15, -0.1) is 0 Å². The highest BCUT2D eigenvalue weighted by Gasteiger charge is 2.55. The maximum Gasteiger partial charge on any atom is 0.249 e. The predicted octanol–water partition coefficient (Wildman–Crippen LogP) is 4.79. The summed E-state index contributed by atoms with van der Waals surface area (Å²) in [7, 11) is 0. The van der Waals surface area contributed by atoms with E-state index in [0.29, 0.717) is 18.5 Å². The van der Waals surface area contributed by atoms with E-state index in [9.17, 15) is 8.78 Å². The maximum absolute atomic E-state index is 13.0. The molecule has 1 aliphatic carbocycles. The lowest BCUT2D eigenvalue weighted by molar-refractivity contribution is -0.155. The van der Waals surface area contributed by atoms with Gasteiger partial charge in [0.25, 0.3) is 0 Å². The van der Waals surface area contributed by atoms with Gasteiger partial charge in [0.1, 0.15) is 0 Å². The van der Waals surface area contributed by atoms with E-state index in [0.717, 1.165) is 18.4 Å². The Morgan fingerprint density at radius 1 is 1.16 bits per heavy atom. The first-order valence-corrected chi connectivity index (χ1v) is 7.73. The van der Waals surface area contributed by atoms with Crippen LogP contribution in [-0.4, -0.2) is 17.9 Å². The van der Waals surface area contributed by atoms with Crippen LogP contribution in [0.25, 0.3) is 0 Å². The van der Waals surface area contributed by atoms with Gasteiger partial charge in [0.05, 0.1) is 6.61 Å². The Balaban J connectivity index is 1.62. The van der Waals surface area contributed by atoms with E-state index in [1.54, 1.807) is 0 Å². The van der Waals surface area contributed by atoms with Crippen molar-refractivity contribution in [3.63, 3.8) is 0 Å². The Hall–Kier alpha value is -0.480. The van der Waals surface area contributed by atoms with Gasteiger partial charge >= 0.3 is 0 Å². The largest absolute Gasteiger partial charge is 0.377 e. The third kappa shape index (κ3) is 4.25. The zero-order chi connectivity index (χ0) is 13.8. The summed E-state index contributed by atoms with van der Waals surface area (Å²) in [6.45, 7) is 1.23. The average Bonchev–Trinajstić information content (AvgIpc) is 2.37. The molecule has 0 saturated heterocycles. The van der Waals surface area contributed by atoms with E-state index >= 15 is 0 Å². The molecule has 0 amide bonds. The van der Waals surface area contributed by atoms with E-state index in [-0.39, 0.29) is 18.3 Å². The van der Waals surface area contributed by atoms with Gasteiger partial charge in [0.2, 0.25) is 5.92 Å². The molecule has 1 saturated carbocycles. The third-order valence-corrected chi connectivity index (χ3v) is 4.85. The molecule has 1 fully saturated rings. The topological polar surface area (TPSA) is 9.23 Å². The molecular weight excluding hydrogens is 314 g/mol. The lowest BCUT2D eigenvalue weighted by Crippen LogP contribution is -2.47. The molecule has 0 unspecified atom stereocenters. The van der Waals surface area contributed by atoms with E-state index in [4.69, 9.17) is 4.74 Å². The number of alkyl halides is 3. The van der Waals surface area contributed by atoms with Crippen LogP contribution in [-0.2, 0) is 11.3 Å². The van der Waals surface area contributed by atoms with Crippen molar-refractivity contribution in [2.45, 2.75) is 38.2 Å². The molecule has 0 aromatic heterocycles. The zero-order valence-electron chi connectivity index (χ0n) is 10.9. The van der Waals surface area contributed by atoms with Crippen LogP contribution in [0.3, 0.4) is 0 Å². The van der Waals surface area contributed by atoms with Gasteiger partial charge in [-0.1, -0.05) is 46.3 Å². The van der Waals surface area contributed by atoms with Crippen molar-refractivity contribution in [1.29, 1.82) is 0 Å². The second-order valence-corrected chi connectivity index (χ2v) is 6.05. The molecule has 0 spiro atoms. The van der Waals surface area contributed by atoms with Crippen LogP contribution >= 0.6 is 15.9 Å². The number of halogens is 3. The van der Waals surface area contributed by atoms with Crippen LogP contribution in [0, 0.1) is 5.41 Å². The van der Waals surface area contributed by atoms with Gasteiger partial charge in [-0.05, 0) is 23.8 Å². The van der Waals surface area contributed by atoms with Gasteiger partial charge < -0.3 is 4.74 Å². The van der Waals surface area contributed by atoms with Gasteiger partial charge in [-0.25, -0.2) is 8.78 Å². The maximum atomic E-state index is 13.0. The molecule has 1 aliphatic rings. The molecule has 19 heavy (non-hydrogen) atoms. The summed E-state index contributed by atoms with van der Waals surface area (Å²) in [4.78, 5) is 0. The van der Waals surface area contributed by atoms with Gasteiger partial charge in [0.15, 0.2) is 0 Å². The van der Waals surface area contributed by atoms with E-state index in [2.05, 4.69) is 15.9 Å². The summed E-state index contributed by atoms with van der Waals surface area (Å²) in [5, 5.41) is 0.661. The quantitative estimate of drug-likeness (QED) is 0.515. The smallest absolute Gasteiger partial charge is 0.249 e. The number of hydrogen-bond acceptors (Lipinski definition) is 1. The molecule has 0 aliphatic heterocycles. The van der Waals surface area contributed by atoms with Crippen molar-refractivity contribution in [2.24, 2.45) is 5.41 Å². The third-order valence-electron chi connectivity index (χ3n) is 3.66. The lowest BCUT2D eigenvalue weighted by Gasteiger charge is -2.46. The SMILES string of the molecule is FC1(F)CC(CBr)(CCCOCc2ccccc2)C1. The van der Waals surface area contributed by atoms with E-state index < -0.39 is 5.92 Å². The summed E-state index contributed by atoms with van der Waals surface area (Å²) in [6, 6.07) is 9.98. The van der Waals surface area contributed by atoms with Gasteiger partial charge in [-0.3, -0.25) is 0 Å². The summed E-state index contributed by atoms with van der Waals surface area (Å²) in [5.74, 6) is -2.45. The van der Waals surface area contributed by atoms with Crippen LogP contribution in [0.1, 0.15) is 31.2 Å². The van der Waals surface area contributed by atoms with Crippen molar-refractivity contribution in [2.75, 3.05) is 11.9 Å². The minimum absolute atomic E-state index is 0.0178. The highest BCUT2D eigenvalue weighted by molar-refractivity contribution is 9.09. The highest BCUT2D eigenvalue weighted by Crippen LogP contribution is 2.55. The molecule has 2 rings (SSSR count). The van der Waals surface area contributed by atoms with Crippen molar-refractivity contribution in [3.05, 3.63) is 35.9 Å². The van der Waals surface area contributed by atoms with E-state index in [1.807, 2.05) is 30.3 Å². The number of ether oxygens (including phenoxy) is 1. The van der Waals surface area contributed by atoms with Crippen molar-refractivity contribution < 1.29 is 13.5 Å². The fourth-order valence-corrected chi connectivity index (χ4v) is 3.37. The molecule has 1 aromatic carbocycles. The fourth-order valence-electron chi connectivity index (χ4n) is 2.70. The molecule has 0 N–H and O–H groups in total. The minimum Gasteiger partial charge on any atom is -0.377 e. The second kappa shape index (κ2) is 6.31. The van der Waals surface area contributed by atoms with Gasteiger partial charge in [-0.2, -0.15) is 0 Å². The van der Waals surface area contributed by atoms with Crippen LogP contribution in [0.4, 0.5) is 8.78 Å². The summed E-state index contributed by atoms with van der Waals surface area (Å²) < 4.78 is 31.5. The summed E-state index contributed by atoms with van der Waals surface area (Å²) >= 11 is 3.37. The second-order valence-electron chi connectivity index (χ2n) is 5.48. The molecule has 0 bridgehead atoms. The molecule has 1 nitrogen and oxygen atoms in total. The van der Waals surface area contributed by atoms with Crippen molar-refractivity contribution >= 4 is 15.9 Å². The molecular formula is C15H19BrF2O. The Kier molecular flexibility index (Phi) is 4.96. The molecule has 0 atom stereocenters. The van der Waals surface area contributed by atoms with Crippen LogP contribution in [0.5, 0.6) is 0 Å². The summed E-state index contributed by atoms with van der Waals surface area (Å²) in [6.07, 6.45) is 1.69. The minimum atomic E-state index is -2.45. The first kappa shape index (κ1) is 14.9. The number of hydrogen-bond donors (Lipinski definition) is 0. The standard InChI is InChI=1S/C15H19BrF2O/c16-12-14(10-15(17,18)11-14)7-4-8-19-9-13-5-2-1-3-6-13/h1-3,5-6H,4,7-12H2. The molecule has 0 heterocycles. The van der Waals surface area contributed by atoms with Crippen molar-refractivity contribution in [3.8, 4) is 0 Å². The predicted molar refractivity (Wildman–Crippen MR) is 75.7 cm³/mol. The van der Waals surface area contributed by atoms with Crippen LogP contribution in [0.2, 0.25) is 0 Å². The van der Waals surface area contributed by atoms with Crippen LogP contribution < -0.4 is 0 Å². The lowest BCUT2D eigenvalue weighted by atomic mass is 9.65. The highest BCUT2D eigenvalue weighted by atomic mass is 79.9. The van der Waals surface area contributed by atoms with Crippen LogP contribution in [0.15, 0.2) is 30.3 Å². The molecule has 4 heteroatoms. The number of rotatable bonds is 7. The average molecular weight is 333 g/mol. The Morgan fingerprint density at radius 2 is 1.84 bits per heavy atom. The molecule has 0 radical (unpaired) electrons. The zero-order valence-corrected chi connectivity index (χ0v) is 12.5. The number of benzene rings is 1. The molecule has 106 valence electrons. The molecule has 1 aromatic rings. The monoisotopic (exact) mass is 332 g/mol. The van der Waals surface area contributed by atoms with Crippen molar-refractivity contribution in [1.82, 2.24) is 0 Å². The summed E-state index contributed by atoms with van der Waals surface area (Å²) in [5.41, 5.74) is 0.937. The Morgan fingerprint density at radius 3 is 2.42 bits per heavy atom. The first-order chi connectivity index (χ1) is 9.05.